The fraction of sp³-hybridized carbons (Fsp3) is 0.857. The molecule has 2 atom stereocenters. The smallest absolute Gasteiger partial charge is 0.0973 e. The second kappa shape index (κ2) is 4.79. The van der Waals surface area contributed by atoms with Crippen molar-refractivity contribution in [3.8, 4) is 0 Å². The number of aliphatic hydroxyl groups is 1. The molecule has 0 radical (unpaired) electrons. The van der Waals surface area contributed by atoms with Crippen molar-refractivity contribution >= 4 is 11.5 Å². The van der Waals surface area contributed by atoms with Crippen LogP contribution in [0, 0.1) is 5.92 Å². The van der Waals surface area contributed by atoms with Crippen molar-refractivity contribution < 1.29 is 9.84 Å². The zero-order chi connectivity index (χ0) is 14.4. The molecule has 19 heavy (non-hydrogen) atoms. The highest BCUT2D eigenvalue weighted by Gasteiger charge is 2.50. The van der Waals surface area contributed by atoms with E-state index < -0.39 is 6.10 Å². The van der Waals surface area contributed by atoms with Crippen LogP contribution in [0.2, 0.25) is 0 Å². The fourth-order valence-electron chi connectivity index (χ4n) is 3.09. The van der Waals surface area contributed by atoms with E-state index in [9.17, 15) is 5.11 Å². The summed E-state index contributed by atoms with van der Waals surface area (Å²) in [5.41, 5.74) is 0.393. The molecule has 0 aromatic carbocycles. The van der Waals surface area contributed by atoms with Crippen LogP contribution in [0.5, 0.6) is 0 Å². The molecule has 0 spiro atoms. The first-order valence-electron chi connectivity index (χ1n) is 6.84. The third kappa shape index (κ3) is 2.83. The maximum Gasteiger partial charge on any atom is 0.0973 e. The van der Waals surface area contributed by atoms with Crippen LogP contribution in [0.15, 0.2) is 0 Å². The molecule has 0 amide bonds. The van der Waals surface area contributed by atoms with Crippen LogP contribution >= 0.6 is 11.5 Å². The summed E-state index contributed by atoms with van der Waals surface area (Å²) >= 11 is 1.31. The SMILES string of the molecule is CC(C)c1nnsc1C(O)C1CC(C)(C)OC1(C)C. The van der Waals surface area contributed by atoms with Crippen molar-refractivity contribution in [1.29, 1.82) is 0 Å². The lowest BCUT2D eigenvalue weighted by Crippen LogP contribution is -2.32. The van der Waals surface area contributed by atoms with Gasteiger partial charge in [0.2, 0.25) is 0 Å². The van der Waals surface area contributed by atoms with E-state index in [-0.39, 0.29) is 23.0 Å². The van der Waals surface area contributed by atoms with Crippen molar-refractivity contribution in [3.63, 3.8) is 0 Å². The Bertz CT molecular complexity index is 454. The molecule has 1 fully saturated rings. The molecular weight excluding hydrogens is 260 g/mol. The van der Waals surface area contributed by atoms with Crippen molar-refractivity contribution in [2.75, 3.05) is 0 Å². The predicted molar refractivity (Wildman–Crippen MR) is 76.3 cm³/mol. The van der Waals surface area contributed by atoms with Crippen molar-refractivity contribution in [2.45, 2.75) is 71.2 Å². The molecule has 1 aliphatic rings. The zero-order valence-corrected chi connectivity index (χ0v) is 13.4. The van der Waals surface area contributed by atoms with Gasteiger partial charge in [-0.1, -0.05) is 18.3 Å². The molecule has 108 valence electrons. The summed E-state index contributed by atoms with van der Waals surface area (Å²) in [6.45, 7) is 12.4. The highest BCUT2D eigenvalue weighted by Crippen LogP contribution is 2.48. The Labute approximate surface area is 119 Å². The number of ether oxygens (including phenoxy) is 1. The highest BCUT2D eigenvalue weighted by atomic mass is 32.1. The Morgan fingerprint density at radius 3 is 2.42 bits per heavy atom. The summed E-state index contributed by atoms with van der Waals surface area (Å²) < 4.78 is 10.1. The fourth-order valence-corrected chi connectivity index (χ4v) is 3.95. The molecule has 2 unspecified atom stereocenters. The number of aromatic nitrogens is 2. The summed E-state index contributed by atoms with van der Waals surface area (Å²) in [6, 6.07) is 0. The van der Waals surface area contributed by atoms with Crippen LogP contribution in [0.4, 0.5) is 0 Å². The van der Waals surface area contributed by atoms with E-state index >= 15 is 0 Å². The molecule has 1 aromatic heterocycles. The second-order valence-corrected chi connectivity index (χ2v) is 7.68. The highest BCUT2D eigenvalue weighted by molar-refractivity contribution is 7.05. The van der Waals surface area contributed by atoms with Gasteiger partial charge in [0, 0.05) is 5.92 Å². The van der Waals surface area contributed by atoms with Gasteiger partial charge >= 0.3 is 0 Å². The van der Waals surface area contributed by atoms with Crippen molar-refractivity contribution in [1.82, 2.24) is 9.59 Å². The molecule has 0 aliphatic carbocycles. The van der Waals surface area contributed by atoms with E-state index in [0.717, 1.165) is 17.0 Å². The van der Waals surface area contributed by atoms with Crippen LogP contribution in [-0.4, -0.2) is 25.9 Å². The molecular formula is C14H24N2O2S. The van der Waals surface area contributed by atoms with Gasteiger partial charge < -0.3 is 9.84 Å². The normalized spacial score (nSPS) is 26.8. The zero-order valence-electron chi connectivity index (χ0n) is 12.6. The van der Waals surface area contributed by atoms with E-state index in [1.165, 1.54) is 11.5 Å². The summed E-state index contributed by atoms with van der Waals surface area (Å²) in [5, 5.41) is 14.9. The molecule has 1 N–H and O–H groups in total. The van der Waals surface area contributed by atoms with E-state index in [0.29, 0.717) is 0 Å². The average molecular weight is 284 g/mol. The summed E-state index contributed by atoms with van der Waals surface area (Å²) in [7, 11) is 0. The van der Waals surface area contributed by atoms with Gasteiger partial charge in [0.05, 0.1) is 27.9 Å². The number of hydrogen-bond acceptors (Lipinski definition) is 5. The third-order valence-electron chi connectivity index (χ3n) is 3.88. The van der Waals surface area contributed by atoms with Gasteiger partial charge in [-0.2, -0.15) is 0 Å². The summed E-state index contributed by atoms with van der Waals surface area (Å²) in [4.78, 5) is 0.898. The standard InChI is InChI=1S/C14H24N2O2S/c1-8(2)10-12(19-16-15-10)11(17)9-7-13(3,4)18-14(9,5)6/h8-9,11,17H,7H2,1-6H3. The Morgan fingerprint density at radius 1 is 1.32 bits per heavy atom. The molecule has 0 saturated carbocycles. The largest absolute Gasteiger partial charge is 0.387 e. The molecule has 0 bridgehead atoms. The predicted octanol–water partition coefficient (Wildman–Crippen LogP) is 3.29. The first-order valence-corrected chi connectivity index (χ1v) is 7.62. The molecule has 2 rings (SSSR count). The lowest BCUT2D eigenvalue weighted by atomic mass is 9.82. The maximum absolute atomic E-state index is 10.8. The second-order valence-electron chi connectivity index (χ2n) is 6.90. The number of hydrogen-bond donors (Lipinski definition) is 1. The maximum atomic E-state index is 10.8. The van der Waals surface area contributed by atoms with Crippen LogP contribution in [0.3, 0.4) is 0 Å². The summed E-state index contributed by atoms with van der Waals surface area (Å²) in [6.07, 6.45) is 0.297. The third-order valence-corrected chi connectivity index (χ3v) is 4.69. The Hall–Kier alpha value is -0.520. The van der Waals surface area contributed by atoms with E-state index in [1.54, 1.807) is 0 Å². The Morgan fingerprint density at radius 2 is 1.95 bits per heavy atom. The van der Waals surface area contributed by atoms with E-state index in [1.807, 2.05) is 0 Å². The van der Waals surface area contributed by atoms with Gasteiger partial charge in [-0.3, -0.25) is 0 Å². The topological polar surface area (TPSA) is 55.2 Å². The quantitative estimate of drug-likeness (QED) is 0.925. The van der Waals surface area contributed by atoms with Crippen LogP contribution < -0.4 is 0 Å². The summed E-state index contributed by atoms with van der Waals surface area (Å²) in [5.74, 6) is 0.351. The van der Waals surface area contributed by atoms with Crippen LogP contribution in [0.1, 0.15) is 70.6 Å². The minimum atomic E-state index is -0.547. The van der Waals surface area contributed by atoms with Gasteiger partial charge in [0.15, 0.2) is 0 Å². The van der Waals surface area contributed by atoms with Crippen LogP contribution in [-0.2, 0) is 4.74 Å². The lowest BCUT2D eigenvalue weighted by Gasteiger charge is -2.30. The van der Waals surface area contributed by atoms with Crippen molar-refractivity contribution in [3.05, 3.63) is 10.6 Å². The van der Waals surface area contributed by atoms with Crippen molar-refractivity contribution in [2.24, 2.45) is 5.92 Å². The molecule has 1 saturated heterocycles. The molecule has 1 aromatic rings. The molecule has 4 nitrogen and oxygen atoms in total. The monoisotopic (exact) mass is 284 g/mol. The first kappa shape index (κ1) is 14.9. The molecule has 5 heteroatoms. The number of rotatable bonds is 3. The van der Waals surface area contributed by atoms with Gasteiger partial charge in [-0.25, -0.2) is 0 Å². The van der Waals surface area contributed by atoms with Gasteiger partial charge in [0.25, 0.3) is 0 Å². The van der Waals surface area contributed by atoms with Crippen LogP contribution in [0.25, 0.3) is 0 Å². The van der Waals surface area contributed by atoms with Gasteiger partial charge in [-0.15, -0.1) is 5.10 Å². The average Bonchev–Trinajstić information content (AvgIpc) is 2.78. The molecule has 2 heterocycles. The van der Waals surface area contributed by atoms with Gasteiger partial charge in [0.1, 0.15) is 0 Å². The molecule has 1 aliphatic heterocycles. The minimum absolute atomic E-state index is 0.0715. The first-order chi connectivity index (χ1) is 8.64. The Balaban J connectivity index is 2.29. The number of aliphatic hydroxyl groups excluding tert-OH is 1. The van der Waals surface area contributed by atoms with E-state index in [2.05, 4.69) is 51.1 Å². The number of nitrogens with zero attached hydrogens (tertiary/aromatic N) is 2. The van der Waals surface area contributed by atoms with Gasteiger partial charge in [-0.05, 0) is 51.6 Å². The van der Waals surface area contributed by atoms with E-state index in [4.69, 9.17) is 4.74 Å². The lowest BCUT2D eigenvalue weighted by molar-refractivity contribution is -0.0877. The minimum Gasteiger partial charge on any atom is -0.387 e. The Kier molecular flexibility index (Phi) is 3.75.